The average molecular weight is 162 g/mol. The molecule has 2 heteroatoms. The van der Waals surface area contributed by atoms with Gasteiger partial charge in [-0.3, -0.25) is 9.59 Å². The number of Topliss-reactive ketones (excluding diaryl/α,β-unsaturated/α-hetero) is 2. The lowest BCUT2D eigenvalue weighted by Crippen LogP contribution is -2.10. The lowest BCUT2D eigenvalue weighted by molar-refractivity contribution is -0.133. The van der Waals surface area contributed by atoms with Gasteiger partial charge in [-0.1, -0.05) is 19.1 Å². The molecule has 2 nitrogen and oxygen atoms in total. The lowest BCUT2D eigenvalue weighted by Gasteiger charge is -2.11. The average Bonchev–Trinajstić information content (AvgIpc) is 2.31. The topological polar surface area (TPSA) is 34.1 Å². The number of carbonyl (C=O) groups is 2. The van der Waals surface area contributed by atoms with Gasteiger partial charge in [-0.25, -0.2) is 0 Å². The minimum atomic E-state index is -0.249. The second-order valence-corrected chi connectivity index (χ2v) is 3.47. The van der Waals surface area contributed by atoms with Gasteiger partial charge >= 0.3 is 0 Å². The Hall–Kier alpha value is -1.18. The minimum Gasteiger partial charge on any atom is -0.290 e. The monoisotopic (exact) mass is 162 g/mol. The standard InChI is InChI=1S/C10H10O2/c1-6-2-3-7-5-9(11)10(12)8(7)4-6/h2-3,6H,4-5H2,1H3. The van der Waals surface area contributed by atoms with Crippen molar-refractivity contribution < 1.29 is 9.59 Å². The normalized spacial score (nSPS) is 28.2. The Balaban J connectivity index is 2.37. The summed E-state index contributed by atoms with van der Waals surface area (Å²) < 4.78 is 0. The van der Waals surface area contributed by atoms with Gasteiger partial charge in [-0.15, -0.1) is 0 Å². The number of hydrogen-bond acceptors (Lipinski definition) is 2. The van der Waals surface area contributed by atoms with Gasteiger partial charge in [0.2, 0.25) is 11.6 Å². The Labute approximate surface area is 71.0 Å². The van der Waals surface area contributed by atoms with Gasteiger partial charge in [0.1, 0.15) is 0 Å². The van der Waals surface area contributed by atoms with Crippen molar-refractivity contribution in [2.45, 2.75) is 19.8 Å². The van der Waals surface area contributed by atoms with Crippen LogP contribution in [0.2, 0.25) is 0 Å². The summed E-state index contributed by atoms with van der Waals surface area (Å²) in [6, 6.07) is 0. The first kappa shape index (κ1) is 7.47. The van der Waals surface area contributed by atoms with E-state index in [9.17, 15) is 9.59 Å². The first-order chi connectivity index (χ1) is 5.68. The molecular weight excluding hydrogens is 152 g/mol. The van der Waals surface area contributed by atoms with Crippen LogP contribution >= 0.6 is 0 Å². The molecule has 0 aromatic carbocycles. The number of ketones is 2. The Morgan fingerprint density at radius 1 is 1.42 bits per heavy atom. The van der Waals surface area contributed by atoms with Crippen LogP contribution in [-0.2, 0) is 9.59 Å². The van der Waals surface area contributed by atoms with Crippen molar-refractivity contribution in [1.82, 2.24) is 0 Å². The largest absolute Gasteiger partial charge is 0.290 e. The second kappa shape index (κ2) is 2.41. The van der Waals surface area contributed by atoms with Crippen molar-refractivity contribution in [2.75, 3.05) is 0 Å². The van der Waals surface area contributed by atoms with Gasteiger partial charge < -0.3 is 0 Å². The maximum Gasteiger partial charge on any atom is 0.225 e. The van der Waals surface area contributed by atoms with Gasteiger partial charge in [0.05, 0.1) is 0 Å². The summed E-state index contributed by atoms with van der Waals surface area (Å²) in [5.74, 6) is -0.0847. The van der Waals surface area contributed by atoms with E-state index in [-0.39, 0.29) is 11.6 Å². The SMILES string of the molecule is CC1C=CC2=C(C1)C(=O)C(=O)C2. The van der Waals surface area contributed by atoms with E-state index in [0.717, 1.165) is 17.6 Å². The molecule has 62 valence electrons. The summed E-state index contributed by atoms with van der Waals surface area (Å²) in [4.78, 5) is 22.3. The van der Waals surface area contributed by atoms with Crippen molar-refractivity contribution in [2.24, 2.45) is 5.92 Å². The van der Waals surface area contributed by atoms with Crippen molar-refractivity contribution in [3.05, 3.63) is 23.3 Å². The minimum absolute atomic E-state index is 0.237. The highest BCUT2D eigenvalue weighted by Gasteiger charge is 2.31. The van der Waals surface area contributed by atoms with E-state index in [0.29, 0.717) is 12.3 Å². The Morgan fingerprint density at radius 3 is 2.92 bits per heavy atom. The van der Waals surface area contributed by atoms with E-state index in [1.165, 1.54) is 0 Å². The number of allylic oxidation sites excluding steroid dienone is 4. The van der Waals surface area contributed by atoms with Crippen LogP contribution in [0.1, 0.15) is 19.8 Å². The fourth-order valence-corrected chi connectivity index (χ4v) is 1.73. The van der Waals surface area contributed by atoms with Gasteiger partial charge in [0.15, 0.2) is 0 Å². The van der Waals surface area contributed by atoms with Crippen LogP contribution in [0.3, 0.4) is 0 Å². The molecule has 1 unspecified atom stereocenters. The molecule has 0 amide bonds. The van der Waals surface area contributed by atoms with E-state index in [4.69, 9.17) is 0 Å². The maximum absolute atomic E-state index is 11.2. The summed E-state index contributed by atoms with van der Waals surface area (Å²) in [7, 11) is 0. The van der Waals surface area contributed by atoms with Crippen molar-refractivity contribution in [3.63, 3.8) is 0 Å². The van der Waals surface area contributed by atoms with E-state index in [1.54, 1.807) is 0 Å². The zero-order valence-electron chi connectivity index (χ0n) is 6.96. The van der Waals surface area contributed by atoms with E-state index < -0.39 is 0 Å². The molecule has 0 fully saturated rings. The Morgan fingerprint density at radius 2 is 2.17 bits per heavy atom. The van der Waals surface area contributed by atoms with Crippen molar-refractivity contribution >= 4 is 11.6 Å². The smallest absolute Gasteiger partial charge is 0.225 e. The predicted molar refractivity (Wildman–Crippen MR) is 44.6 cm³/mol. The molecule has 0 saturated carbocycles. The van der Waals surface area contributed by atoms with Crippen LogP contribution in [-0.4, -0.2) is 11.6 Å². The molecule has 2 rings (SSSR count). The van der Waals surface area contributed by atoms with Crippen LogP contribution < -0.4 is 0 Å². The number of carbonyl (C=O) groups excluding carboxylic acids is 2. The first-order valence-corrected chi connectivity index (χ1v) is 4.16. The van der Waals surface area contributed by atoms with Crippen LogP contribution in [0, 0.1) is 5.92 Å². The highest BCUT2D eigenvalue weighted by molar-refractivity contribution is 6.46. The molecule has 12 heavy (non-hydrogen) atoms. The van der Waals surface area contributed by atoms with Crippen molar-refractivity contribution in [3.8, 4) is 0 Å². The molecule has 0 aliphatic heterocycles. The van der Waals surface area contributed by atoms with Crippen LogP contribution in [0.15, 0.2) is 23.3 Å². The molecule has 0 spiro atoms. The third-order valence-electron chi connectivity index (χ3n) is 2.42. The summed E-state index contributed by atoms with van der Waals surface area (Å²) in [6.45, 7) is 2.05. The van der Waals surface area contributed by atoms with Crippen molar-refractivity contribution in [1.29, 1.82) is 0 Å². The fourth-order valence-electron chi connectivity index (χ4n) is 1.73. The van der Waals surface area contributed by atoms with Crippen LogP contribution in [0.4, 0.5) is 0 Å². The Kier molecular flexibility index (Phi) is 1.50. The summed E-state index contributed by atoms with van der Waals surface area (Å²) in [5, 5.41) is 0. The third-order valence-corrected chi connectivity index (χ3v) is 2.42. The highest BCUT2D eigenvalue weighted by Crippen LogP contribution is 2.31. The lowest BCUT2D eigenvalue weighted by atomic mass is 9.92. The summed E-state index contributed by atoms with van der Waals surface area (Å²) in [6.07, 6.45) is 5.06. The van der Waals surface area contributed by atoms with E-state index >= 15 is 0 Å². The molecule has 0 radical (unpaired) electrons. The molecule has 0 aromatic heterocycles. The molecule has 1 atom stereocenters. The number of rotatable bonds is 0. The molecule has 0 heterocycles. The summed E-state index contributed by atoms with van der Waals surface area (Å²) in [5.41, 5.74) is 1.71. The molecule has 0 saturated heterocycles. The predicted octanol–water partition coefficient (Wildman–Crippen LogP) is 1.42. The molecule has 2 aliphatic rings. The summed E-state index contributed by atoms with van der Waals surface area (Å²) >= 11 is 0. The van der Waals surface area contributed by atoms with Gasteiger partial charge in [0, 0.05) is 12.0 Å². The maximum atomic E-state index is 11.2. The molecule has 0 N–H and O–H groups in total. The first-order valence-electron chi connectivity index (χ1n) is 4.16. The zero-order chi connectivity index (χ0) is 8.72. The molecule has 2 aliphatic carbocycles. The second-order valence-electron chi connectivity index (χ2n) is 3.47. The zero-order valence-corrected chi connectivity index (χ0v) is 6.96. The van der Waals surface area contributed by atoms with Crippen LogP contribution in [0.5, 0.6) is 0 Å². The Bertz CT molecular complexity index is 321. The van der Waals surface area contributed by atoms with Gasteiger partial charge in [-0.2, -0.15) is 0 Å². The van der Waals surface area contributed by atoms with E-state index in [1.807, 2.05) is 6.08 Å². The third kappa shape index (κ3) is 0.951. The molecule has 0 bridgehead atoms. The van der Waals surface area contributed by atoms with E-state index in [2.05, 4.69) is 13.0 Å². The quantitative estimate of drug-likeness (QED) is 0.505. The van der Waals surface area contributed by atoms with Gasteiger partial charge in [-0.05, 0) is 17.9 Å². The molecular formula is C10H10O2. The number of hydrogen-bond donors (Lipinski definition) is 0. The molecule has 0 aromatic rings. The fraction of sp³-hybridized carbons (Fsp3) is 0.400. The highest BCUT2D eigenvalue weighted by atomic mass is 16.2. The van der Waals surface area contributed by atoms with Gasteiger partial charge in [0.25, 0.3) is 0 Å². The van der Waals surface area contributed by atoms with Crippen LogP contribution in [0.25, 0.3) is 0 Å².